The maximum absolute atomic E-state index is 13.1. The summed E-state index contributed by atoms with van der Waals surface area (Å²) in [5.41, 5.74) is 0.0140. The molecule has 0 N–H and O–H groups in total. The number of nitrogens with zero attached hydrogens (tertiary/aromatic N) is 6. The van der Waals surface area contributed by atoms with Crippen LogP contribution in [0, 0.1) is 6.92 Å². The van der Waals surface area contributed by atoms with E-state index in [-0.39, 0.29) is 23.3 Å². The molecule has 3 rings (SSSR count). The van der Waals surface area contributed by atoms with Crippen LogP contribution < -0.4 is 0 Å². The van der Waals surface area contributed by atoms with Crippen LogP contribution in [-0.4, -0.2) is 39.6 Å². The molecular formula is C16H11F3N6O2. The lowest BCUT2D eigenvalue weighted by Gasteiger charge is -2.13. The monoisotopic (exact) mass is 376 g/mol. The molecule has 8 nitrogen and oxygen atoms in total. The Kier molecular flexibility index (Phi) is 4.52. The van der Waals surface area contributed by atoms with E-state index in [1.807, 2.05) is 0 Å². The summed E-state index contributed by atoms with van der Waals surface area (Å²) in [6, 6.07) is 1.95. The topological polar surface area (TPSA) is 106 Å². The molecule has 0 aliphatic carbocycles. The van der Waals surface area contributed by atoms with E-state index < -0.39 is 23.3 Å². The number of alkyl halides is 3. The molecule has 3 aromatic rings. The lowest BCUT2D eigenvalue weighted by Crippen LogP contribution is -2.15. The maximum atomic E-state index is 13.1. The molecule has 0 aliphatic rings. The van der Waals surface area contributed by atoms with Crippen molar-refractivity contribution in [2.75, 3.05) is 0 Å². The van der Waals surface area contributed by atoms with E-state index in [4.69, 9.17) is 0 Å². The average molecular weight is 376 g/mol. The Morgan fingerprint density at radius 2 is 1.96 bits per heavy atom. The van der Waals surface area contributed by atoms with Crippen LogP contribution in [0.4, 0.5) is 18.9 Å². The lowest BCUT2D eigenvalue weighted by atomic mass is 10.0. The zero-order valence-corrected chi connectivity index (χ0v) is 13.9. The first-order chi connectivity index (χ1) is 12.8. The van der Waals surface area contributed by atoms with Crippen LogP contribution in [0.1, 0.15) is 33.0 Å². The van der Waals surface area contributed by atoms with Gasteiger partial charge in [-0.05, 0) is 42.8 Å². The second kappa shape index (κ2) is 6.67. The minimum atomic E-state index is -4.75. The molecule has 0 atom stereocenters. The highest BCUT2D eigenvalue weighted by atomic mass is 19.4. The Morgan fingerprint density at radius 3 is 2.59 bits per heavy atom. The number of aryl methyl sites for hydroxylation is 1. The van der Waals surface area contributed by atoms with Crippen LogP contribution in [0.2, 0.25) is 0 Å². The maximum Gasteiger partial charge on any atom is 0.418 e. The van der Waals surface area contributed by atoms with E-state index >= 15 is 0 Å². The molecular weight excluding hydrogens is 365 g/mol. The number of halogens is 3. The van der Waals surface area contributed by atoms with Crippen molar-refractivity contribution in [3.05, 3.63) is 40.3 Å². The van der Waals surface area contributed by atoms with Gasteiger partial charge in [0.1, 0.15) is 11.4 Å². The highest BCUT2D eigenvalue weighted by molar-refractivity contribution is 5.96. The molecule has 0 saturated heterocycles. The summed E-state index contributed by atoms with van der Waals surface area (Å²) in [6.07, 6.45) is -4.72. The van der Waals surface area contributed by atoms with E-state index in [9.17, 15) is 18.0 Å². The van der Waals surface area contributed by atoms with E-state index in [2.05, 4.69) is 48.3 Å². The summed E-state index contributed by atoms with van der Waals surface area (Å²) in [7, 11) is 0. The van der Waals surface area contributed by atoms with Crippen molar-refractivity contribution < 1.29 is 22.6 Å². The van der Waals surface area contributed by atoms with Gasteiger partial charge in [0, 0.05) is 23.4 Å². The Bertz CT molecular complexity index is 1070. The number of aliphatic imine (C=N–C) groups is 2. The van der Waals surface area contributed by atoms with E-state index in [0.717, 1.165) is 6.07 Å². The van der Waals surface area contributed by atoms with Gasteiger partial charge in [0.25, 0.3) is 5.91 Å². The largest absolute Gasteiger partial charge is 0.418 e. The smallest absolute Gasteiger partial charge is 0.265 e. The number of carbonyl (C=O) groups is 1. The zero-order chi connectivity index (χ0) is 19.8. The van der Waals surface area contributed by atoms with Crippen LogP contribution in [0.25, 0.3) is 11.2 Å². The molecule has 3 heterocycles. The van der Waals surface area contributed by atoms with Crippen LogP contribution in [-0.2, 0) is 12.6 Å². The number of aromatic nitrogens is 4. The van der Waals surface area contributed by atoms with Crippen molar-refractivity contribution in [2.24, 2.45) is 9.98 Å². The quantitative estimate of drug-likeness (QED) is 0.648. The molecule has 0 aliphatic heterocycles. The van der Waals surface area contributed by atoms with Gasteiger partial charge in [0.05, 0.1) is 5.56 Å². The number of hydrogen-bond acceptors (Lipinski definition) is 7. The average Bonchev–Trinajstić information content (AvgIpc) is 3.08. The fraction of sp³-hybridized carbons (Fsp3) is 0.188. The summed E-state index contributed by atoms with van der Waals surface area (Å²) in [5, 5.41) is 7.34. The first-order valence-electron chi connectivity index (χ1n) is 7.43. The normalized spacial score (nSPS) is 11.6. The van der Waals surface area contributed by atoms with Crippen LogP contribution in [0.15, 0.2) is 26.7 Å². The van der Waals surface area contributed by atoms with Crippen molar-refractivity contribution in [3.8, 4) is 0 Å². The Balaban J connectivity index is 2.13. The highest BCUT2D eigenvalue weighted by Crippen LogP contribution is 2.33. The van der Waals surface area contributed by atoms with E-state index in [0.29, 0.717) is 16.9 Å². The Hall–Kier alpha value is -3.50. The molecule has 0 radical (unpaired) electrons. The van der Waals surface area contributed by atoms with Gasteiger partial charge in [-0.3, -0.25) is 9.79 Å². The molecule has 0 aromatic carbocycles. The van der Waals surface area contributed by atoms with E-state index in [1.54, 1.807) is 6.92 Å². The molecule has 0 fully saturated rings. The molecule has 0 bridgehead atoms. The SMILES string of the molecule is C=NC(=O)c1nc(Cc2c(C)nc3nonc3c2N=C)ccc1C(F)(F)F. The zero-order valence-electron chi connectivity index (χ0n) is 13.9. The molecule has 27 heavy (non-hydrogen) atoms. The van der Waals surface area contributed by atoms with Crippen LogP contribution >= 0.6 is 0 Å². The second-order valence-corrected chi connectivity index (χ2v) is 5.46. The predicted molar refractivity (Wildman–Crippen MR) is 89.5 cm³/mol. The van der Waals surface area contributed by atoms with Gasteiger partial charge < -0.3 is 0 Å². The number of rotatable bonds is 4. The molecule has 138 valence electrons. The van der Waals surface area contributed by atoms with Gasteiger partial charge in [-0.25, -0.2) is 19.6 Å². The summed E-state index contributed by atoms with van der Waals surface area (Å²) in [6.45, 7) is 8.12. The third kappa shape index (κ3) is 3.30. The summed E-state index contributed by atoms with van der Waals surface area (Å²) >= 11 is 0. The number of fused-ring (bicyclic) bond motifs is 1. The van der Waals surface area contributed by atoms with Gasteiger partial charge in [-0.15, -0.1) is 0 Å². The Morgan fingerprint density at radius 1 is 1.22 bits per heavy atom. The molecule has 11 heteroatoms. The fourth-order valence-electron chi connectivity index (χ4n) is 2.57. The van der Waals surface area contributed by atoms with Gasteiger partial charge in [-0.1, -0.05) is 0 Å². The summed E-state index contributed by atoms with van der Waals surface area (Å²) < 4.78 is 44.0. The number of amides is 1. The van der Waals surface area contributed by atoms with Crippen molar-refractivity contribution in [1.29, 1.82) is 0 Å². The van der Waals surface area contributed by atoms with Crippen LogP contribution in [0.3, 0.4) is 0 Å². The van der Waals surface area contributed by atoms with E-state index in [1.165, 1.54) is 6.07 Å². The molecule has 3 aromatic heterocycles. The predicted octanol–water partition coefficient (Wildman–Crippen LogP) is 3.10. The third-order valence-electron chi connectivity index (χ3n) is 3.81. The minimum absolute atomic E-state index is 0.0333. The lowest BCUT2D eigenvalue weighted by molar-refractivity contribution is -0.138. The number of hydrogen-bond donors (Lipinski definition) is 0. The third-order valence-corrected chi connectivity index (χ3v) is 3.81. The van der Waals surface area contributed by atoms with Gasteiger partial charge >= 0.3 is 6.18 Å². The van der Waals surface area contributed by atoms with Gasteiger partial charge in [-0.2, -0.15) is 13.2 Å². The van der Waals surface area contributed by atoms with Gasteiger partial charge in [0.2, 0.25) is 5.65 Å². The van der Waals surface area contributed by atoms with Crippen molar-refractivity contribution in [2.45, 2.75) is 19.5 Å². The minimum Gasteiger partial charge on any atom is -0.265 e. The summed E-state index contributed by atoms with van der Waals surface area (Å²) in [4.78, 5) is 26.7. The Labute approximate surface area is 149 Å². The van der Waals surface area contributed by atoms with Crippen LogP contribution in [0.5, 0.6) is 0 Å². The van der Waals surface area contributed by atoms with Crippen molar-refractivity contribution in [1.82, 2.24) is 20.3 Å². The first kappa shape index (κ1) is 18.3. The highest BCUT2D eigenvalue weighted by Gasteiger charge is 2.36. The fourth-order valence-corrected chi connectivity index (χ4v) is 2.57. The van der Waals surface area contributed by atoms with Crippen molar-refractivity contribution >= 4 is 36.2 Å². The summed E-state index contributed by atoms with van der Waals surface area (Å²) in [5.74, 6) is -1.17. The standard InChI is InChI=1S/C16H11F3N6O2/c1-7-9(11(20-2)13-14(22-7)25-27-24-13)6-8-4-5-10(16(17,18)19)12(23-8)15(26)21-3/h4-5H,2-3,6H2,1H3. The van der Waals surface area contributed by atoms with Crippen molar-refractivity contribution in [3.63, 3.8) is 0 Å². The number of carbonyl (C=O) groups excluding carboxylic acids is 1. The first-order valence-corrected chi connectivity index (χ1v) is 7.43. The second-order valence-electron chi connectivity index (χ2n) is 5.46. The molecule has 0 unspecified atom stereocenters. The molecule has 0 spiro atoms. The van der Waals surface area contributed by atoms with Gasteiger partial charge in [0.15, 0.2) is 5.52 Å². The molecule has 0 saturated carbocycles. The number of pyridine rings is 2. The molecule has 1 amide bonds.